The number of nitrogens with one attached hydrogen (secondary N) is 2. The first-order valence-electron chi connectivity index (χ1n) is 9.46. The lowest BCUT2D eigenvalue weighted by Gasteiger charge is -2.14. The summed E-state index contributed by atoms with van der Waals surface area (Å²) in [5, 5.41) is 7.74. The van der Waals surface area contributed by atoms with Crippen molar-refractivity contribution in [3.8, 4) is 0 Å². The second-order valence-electron chi connectivity index (χ2n) is 6.71. The van der Waals surface area contributed by atoms with Crippen LogP contribution >= 0.6 is 35.3 Å². The Balaban J connectivity index is 0.00000261. The first kappa shape index (κ1) is 22.1. The van der Waals surface area contributed by atoms with Crippen molar-refractivity contribution in [3.63, 3.8) is 0 Å². The van der Waals surface area contributed by atoms with Crippen molar-refractivity contribution < 1.29 is 0 Å². The molecule has 0 atom stereocenters. The van der Waals surface area contributed by atoms with Crippen LogP contribution in [0.1, 0.15) is 40.8 Å². The number of rotatable bonds is 7. The van der Waals surface area contributed by atoms with Gasteiger partial charge in [0, 0.05) is 24.2 Å². The minimum atomic E-state index is 0. The second kappa shape index (κ2) is 11.6. The van der Waals surface area contributed by atoms with Gasteiger partial charge in [-0.05, 0) is 50.9 Å². The lowest BCUT2D eigenvalue weighted by Crippen LogP contribution is -2.36. The molecule has 1 aromatic carbocycles. The molecule has 0 saturated carbocycles. The standard InChI is InChI=1S/C20H29N5S.HI/c1-3-21-20(24-14-19-22-12-16(2)26-19)23-13-17-6-8-18(9-7-17)15-25-10-4-5-11-25;/h6-9,12H,3-5,10-11,13-15H2,1-2H3,(H2,21,23,24);1H. The molecule has 1 aliphatic heterocycles. The average Bonchev–Trinajstić information content (AvgIpc) is 3.30. The lowest BCUT2D eigenvalue weighted by atomic mass is 10.1. The van der Waals surface area contributed by atoms with E-state index in [-0.39, 0.29) is 24.0 Å². The Hall–Kier alpha value is -1.19. The highest BCUT2D eigenvalue weighted by molar-refractivity contribution is 14.0. The summed E-state index contributed by atoms with van der Waals surface area (Å²) >= 11 is 1.72. The van der Waals surface area contributed by atoms with E-state index in [0.717, 1.165) is 24.1 Å². The van der Waals surface area contributed by atoms with Gasteiger partial charge in [0.25, 0.3) is 0 Å². The largest absolute Gasteiger partial charge is 0.357 e. The molecule has 2 heterocycles. The Morgan fingerprint density at radius 2 is 1.85 bits per heavy atom. The van der Waals surface area contributed by atoms with Crippen molar-refractivity contribution in [3.05, 3.63) is 51.5 Å². The topological polar surface area (TPSA) is 52.6 Å². The van der Waals surface area contributed by atoms with Crippen LogP contribution in [0.5, 0.6) is 0 Å². The molecule has 2 N–H and O–H groups in total. The zero-order chi connectivity index (χ0) is 18.2. The second-order valence-corrected chi connectivity index (χ2v) is 8.03. The van der Waals surface area contributed by atoms with Crippen LogP contribution in [0.3, 0.4) is 0 Å². The molecule has 1 saturated heterocycles. The van der Waals surface area contributed by atoms with Crippen molar-refractivity contribution in [1.82, 2.24) is 20.5 Å². The van der Waals surface area contributed by atoms with E-state index in [2.05, 4.69) is 58.6 Å². The number of aryl methyl sites for hydroxylation is 1. The molecule has 0 aliphatic carbocycles. The number of hydrogen-bond acceptors (Lipinski definition) is 4. The van der Waals surface area contributed by atoms with Gasteiger partial charge in [0.1, 0.15) is 5.01 Å². The molecule has 0 spiro atoms. The van der Waals surface area contributed by atoms with Crippen LogP contribution in [0.4, 0.5) is 0 Å². The van der Waals surface area contributed by atoms with Crippen molar-refractivity contribution in [1.29, 1.82) is 0 Å². The highest BCUT2D eigenvalue weighted by Crippen LogP contribution is 2.14. The van der Waals surface area contributed by atoms with Crippen molar-refractivity contribution in [2.75, 3.05) is 19.6 Å². The maximum absolute atomic E-state index is 4.70. The molecule has 5 nitrogen and oxygen atoms in total. The van der Waals surface area contributed by atoms with Gasteiger partial charge < -0.3 is 10.6 Å². The summed E-state index contributed by atoms with van der Waals surface area (Å²) in [6.07, 6.45) is 4.59. The zero-order valence-corrected chi connectivity index (χ0v) is 19.3. The first-order valence-corrected chi connectivity index (χ1v) is 10.3. The van der Waals surface area contributed by atoms with E-state index >= 15 is 0 Å². The van der Waals surface area contributed by atoms with E-state index in [1.165, 1.54) is 41.9 Å². The number of benzene rings is 1. The van der Waals surface area contributed by atoms with E-state index < -0.39 is 0 Å². The van der Waals surface area contributed by atoms with Crippen LogP contribution < -0.4 is 10.6 Å². The third kappa shape index (κ3) is 7.38. The van der Waals surface area contributed by atoms with E-state index in [1.54, 1.807) is 11.3 Å². The molecule has 0 bridgehead atoms. The summed E-state index contributed by atoms with van der Waals surface area (Å²) < 4.78 is 0. The monoisotopic (exact) mass is 499 g/mol. The molecule has 148 valence electrons. The Morgan fingerprint density at radius 3 is 2.48 bits per heavy atom. The van der Waals surface area contributed by atoms with Crippen LogP contribution in [-0.2, 0) is 19.6 Å². The third-order valence-electron chi connectivity index (χ3n) is 4.47. The predicted octanol–water partition coefficient (Wildman–Crippen LogP) is 3.92. The summed E-state index contributed by atoms with van der Waals surface area (Å²) in [6, 6.07) is 8.87. The number of halogens is 1. The van der Waals surface area contributed by atoms with E-state index in [1.807, 2.05) is 6.20 Å². The van der Waals surface area contributed by atoms with Crippen LogP contribution in [0.15, 0.2) is 35.5 Å². The molecule has 0 amide bonds. The van der Waals surface area contributed by atoms with Gasteiger partial charge in [0.15, 0.2) is 5.96 Å². The normalized spacial score (nSPS) is 14.8. The van der Waals surface area contributed by atoms with Crippen molar-refractivity contribution >= 4 is 41.3 Å². The Kier molecular flexibility index (Phi) is 9.50. The van der Waals surface area contributed by atoms with Crippen LogP contribution in [0.2, 0.25) is 0 Å². The molecular formula is C20H30IN5S. The molecule has 27 heavy (non-hydrogen) atoms. The number of aromatic nitrogens is 1. The molecule has 2 aromatic rings. The molecular weight excluding hydrogens is 469 g/mol. The highest BCUT2D eigenvalue weighted by Gasteiger charge is 2.11. The predicted molar refractivity (Wildman–Crippen MR) is 125 cm³/mol. The minimum absolute atomic E-state index is 0. The van der Waals surface area contributed by atoms with Gasteiger partial charge in [0.2, 0.25) is 0 Å². The van der Waals surface area contributed by atoms with Gasteiger partial charge in [0.05, 0.1) is 13.1 Å². The summed E-state index contributed by atoms with van der Waals surface area (Å²) in [6.45, 7) is 9.93. The van der Waals surface area contributed by atoms with Crippen LogP contribution in [0, 0.1) is 6.92 Å². The Morgan fingerprint density at radius 1 is 1.15 bits per heavy atom. The number of guanidine groups is 1. The maximum atomic E-state index is 4.70. The maximum Gasteiger partial charge on any atom is 0.191 e. The molecule has 3 rings (SSSR count). The zero-order valence-electron chi connectivity index (χ0n) is 16.2. The fourth-order valence-corrected chi connectivity index (χ4v) is 3.83. The van der Waals surface area contributed by atoms with Crippen molar-refractivity contribution in [2.24, 2.45) is 4.99 Å². The summed E-state index contributed by atoms with van der Waals surface area (Å²) in [7, 11) is 0. The van der Waals surface area contributed by atoms with Crippen LogP contribution in [0.25, 0.3) is 0 Å². The fourth-order valence-electron chi connectivity index (χ4n) is 3.10. The number of thiazole rings is 1. The quantitative estimate of drug-likeness (QED) is 0.345. The first-order chi connectivity index (χ1) is 12.7. The number of aliphatic imine (C=N–C) groups is 1. The molecule has 0 radical (unpaired) electrons. The molecule has 7 heteroatoms. The van der Waals surface area contributed by atoms with Gasteiger partial charge in [-0.2, -0.15) is 0 Å². The fraction of sp³-hybridized carbons (Fsp3) is 0.500. The smallest absolute Gasteiger partial charge is 0.191 e. The molecule has 1 fully saturated rings. The summed E-state index contributed by atoms with van der Waals surface area (Å²) in [5.41, 5.74) is 2.63. The summed E-state index contributed by atoms with van der Waals surface area (Å²) in [4.78, 5) is 12.8. The number of hydrogen-bond donors (Lipinski definition) is 2. The van der Waals surface area contributed by atoms with Crippen LogP contribution in [-0.4, -0.2) is 35.5 Å². The van der Waals surface area contributed by atoms with E-state index in [9.17, 15) is 0 Å². The number of nitrogens with zero attached hydrogens (tertiary/aromatic N) is 3. The third-order valence-corrected chi connectivity index (χ3v) is 5.38. The molecule has 0 unspecified atom stereocenters. The van der Waals surface area contributed by atoms with Gasteiger partial charge in [-0.1, -0.05) is 24.3 Å². The Bertz CT molecular complexity index is 707. The minimum Gasteiger partial charge on any atom is -0.357 e. The molecule has 1 aromatic heterocycles. The highest BCUT2D eigenvalue weighted by atomic mass is 127. The van der Waals surface area contributed by atoms with Gasteiger partial charge in [-0.15, -0.1) is 35.3 Å². The molecule has 1 aliphatic rings. The van der Waals surface area contributed by atoms with E-state index in [0.29, 0.717) is 13.1 Å². The van der Waals surface area contributed by atoms with E-state index in [4.69, 9.17) is 4.99 Å². The lowest BCUT2D eigenvalue weighted by molar-refractivity contribution is 0.331. The van der Waals surface area contributed by atoms with Crippen molar-refractivity contribution in [2.45, 2.75) is 46.3 Å². The SMILES string of the molecule is CCNC(=NCc1ccc(CN2CCCC2)cc1)NCc1ncc(C)s1.I. The van der Waals surface area contributed by atoms with Gasteiger partial charge >= 0.3 is 0 Å². The summed E-state index contributed by atoms with van der Waals surface area (Å²) in [5.74, 6) is 0.835. The van der Waals surface area contributed by atoms with Gasteiger partial charge in [-0.3, -0.25) is 4.90 Å². The Labute approximate surface area is 183 Å². The average molecular weight is 499 g/mol. The number of likely N-dealkylation sites (tertiary alicyclic amines) is 1. The van der Waals surface area contributed by atoms with Gasteiger partial charge in [-0.25, -0.2) is 9.98 Å².